The van der Waals surface area contributed by atoms with Gasteiger partial charge in [-0.2, -0.15) is 0 Å². The fraction of sp³-hybridized carbons (Fsp3) is 0.500. The van der Waals surface area contributed by atoms with Crippen LogP contribution in [0.2, 0.25) is 0 Å². The Morgan fingerprint density at radius 3 is 2.69 bits per heavy atom. The quantitative estimate of drug-likeness (QED) is 0.563. The van der Waals surface area contributed by atoms with Crippen LogP contribution in [0.4, 0.5) is 0 Å². The van der Waals surface area contributed by atoms with Crippen molar-refractivity contribution in [2.75, 3.05) is 13.7 Å². The molecule has 0 aliphatic heterocycles. The van der Waals surface area contributed by atoms with Crippen LogP contribution >= 0.6 is 0 Å². The van der Waals surface area contributed by atoms with Crippen LogP contribution in [0.15, 0.2) is 12.7 Å². The average molecular weight is 187 g/mol. The molecule has 13 heavy (non-hydrogen) atoms. The first-order chi connectivity index (χ1) is 6.11. The number of carbonyl (C=O) groups is 2. The second-order valence-corrected chi connectivity index (χ2v) is 2.41. The summed E-state index contributed by atoms with van der Waals surface area (Å²) in [5.41, 5.74) is 0. The summed E-state index contributed by atoms with van der Waals surface area (Å²) in [7, 11) is 1.37. The Bertz CT molecular complexity index is 202. The number of hydrogen-bond acceptors (Lipinski definition) is 3. The molecule has 0 aliphatic rings. The van der Waals surface area contributed by atoms with Crippen molar-refractivity contribution in [1.29, 1.82) is 0 Å². The molecule has 5 heteroatoms. The summed E-state index contributed by atoms with van der Waals surface area (Å²) < 4.78 is 4.62. The Morgan fingerprint density at radius 2 is 2.31 bits per heavy atom. The summed E-state index contributed by atoms with van der Waals surface area (Å²) >= 11 is 0. The van der Waals surface area contributed by atoms with E-state index in [9.17, 15) is 9.59 Å². The molecule has 0 heterocycles. The summed E-state index contributed by atoms with van der Waals surface area (Å²) in [5, 5.41) is 10.9. The molecule has 5 nitrogen and oxygen atoms in total. The second-order valence-electron chi connectivity index (χ2n) is 2.41. The van der Waals surface area contributed by atoms with E-state index in [2.05, 4.69) is 16.6 Å². The van der Waals surface area contributed by atoms with E-state index in [-0.39, 0.29) is 18.9 Å². The molecule has 0 fully saturated rings. The molecule has 0 bridgehead atoms. The van der Waals surface area contributed by atoms with Gasteiger partial charge < -0.3 is 15.2 Å². The van der Waals surface area contributed by atoms with Crippen molar-refractivity contribution in [2.24, 2.45) is 0 Å². The number of ether oxygens (including phenoxy) is 1. The number of carboxylic acids is 1. The summed E-state index contributed by atoms with van der Waals surface area (Å²) in [6.07, 6.45) is 1.51. The molecule has 0 aromatic carbocycles. The highest BCUT2D eigenvalue weighted by atomic mass is 16.5. The van der Waals surface area contributed by atoms with Gasteiger partial charge in [-0.3, -0.25) is 4.79 Å². The van der Waals surface area contributed by atoms with Gasteiger partial charge in [-0.15, -0.1) is 6.58 Å². The highest BCUT2D eigenvalue weighted by Gasteiger charge is 2.18. The number of methoxy groups -OCH3 is 1. The molecule has 0 spiro atoms. The van der Waals surface area contributed by atoms with Crippen molar-refractivity contribution in [1.82, 2.24) is 5.32 Å². The molecule has 2 N–H and O–H groups in total. The lowest BCUT2D eigenvalue weighted by molar-refractivity contribution is -0.143. The van der Waals surface area contributed by atoms with E-state index in [0.29, 0.717) is 0 Å². The van der Waals surface area contributed by atoms with Crippen molar-refractivity contribution in [3.63, 3.8) is 0 Å². The van der Waals surface area contributed by atoms with Gasteiger partial charge in [0, 0.05) is 13.5 Å². The Labute approximate surface area is 76.4 Å². The molecule has 0 aliphatic carbocycles. The Balaban J connectivity index is 4.01. The zero-order valence-electron chi connectivity index (χ0n) is 7.45. The van der Waals surface area contributed by atoms with Gasteiger partial charge >= 0.3 is 5.97 Å². The van der Waals surface area contributed by atoms with Gasteiger partial charge in [0.05, 0.1) is 6.61 Å². The van der Waals surface area contributed by atoms with Crippen molar-refractivity contribution in [3.05, 3.63) is 12.7 Å². The van der Waals surface area contributed by atoms with Crippen LogP contribution in [0, 0.1) is 0 Å². The molecule has 0 saturated carbocycles. The monoisotopic (exact) mass is 187 g/mol. The molecule has 1 unspecified atom stereocenters. The van der Waals surface area contributed by atoms with Gasteiger partial charge in [-0.25, -0.2) is 4.79 Å². The van der Waals surface area contributed by atoms with E-state index in [0.717, 1.165) is 0 Å². The molecule has 0 radical (unpaired) electrons. The van der Waals surface area contributed by atoms with Crippen LogP contribution in [0.1, 0.15) is 6.42 Å². The highest BCUT2D eigenvalue weighted by Crippen LogP contribution is 1.88. The van der Waals surface area contributed by atoms with Crippen LogP contribution < -0.4 is 5.32 Å². The average Bonchev–Trinajstić information content (AvgIpc) is 2.04. The first-order valence-corrected chi connectivity index (χ1v) is 3.73. The normalized spacial score (nSPS) is 11.8. The first kappa shape index (κ1) is 11.6. The molecular formula is C8H13NO4. The van der Waals surface area contributed by atoms with Gasteiger partial charge in [0.1, 0.15) is 0 Å². The maximum absolute atomic E-state index is 10.9. The SMILES string of the molecule is C=CCC(=O)NC(COC)C(=O)O. The third-order valence-electron chi connectivity index (χ3n) is 1.30. The van der Waals surface area contributed by atoms with Crippen molar-refractivity contribution in [2.45, 2.75) is 12.5 Å². The second kappa shape index (κ2) is 6.19. The molecular weight excluding hydrogens is 174 g/mol. The molecule has 74 valence electrons. The molecule has 1 atom stereocenters. The lowest BCUT2D eigenvalue weighted by Gasteiger charge is -2.12. The number of carbonyl (C=O) groups excluding carboxylic acids is 1. The fourth-order valence-electron chi connectivity index (χ4n) is 0.726. The molecule has 0 rings (SSSR count). The lowest BCUT2D eigenvalue weighted by atomic mass is 10.3. The van der Waals surface area contributed by atoms with E-state index >= 15 is 0 Å². The van der Waals surface area contributed by atoms with Crippen LogP contribution in [0.25, 0.3) is 0 Å². The first-order valence-electron chi connectivity index (χ1n) is 3.73. The van der Waals surface area contributed by atoms with Gasteiger partial charge in [-0.1, -0.05) is 6.08 Å². The van der Waals surface area contributed by atoms with Crippen LogP contribution in [0.3, 0.4) is 0 Å². The van der Waals surface area contributed by atoms with Gasteiger partial charge in [0.25, 0.3) is 0 Å². The van der Waals surface area contributed by atoms with E-state index < -0.39 is 12.0 Å². The van der Waals surface area contributed by atoms with Gasteiger partial charge in [0.15, 0.2) is 6.04 Å². The van der Waals surface area contributed by atoms with Crippen LogP contribution in [0.5, 0.6) is 0 Å². The highest BCUT2D eigenvalue weighted by molar-refractivity contribution is 5.84. The Hall–Kier alpha value is -1.36. The maximum atomic E-state index is 10.9. The largest absolute Gasteiger partial charge is 0.480 e. The smallest absolute Gasteiger partial charge is 0.328 e. The van der Waals surface area contributed by atoms with Gasteiger partial charge in [-0.05, 0) is 0 Å². The standard InChI is InChI=1S/C8H13NO4/c1-3-4-7(10)9-6(5-13-2)8(11)12/h3,6H,1,4-5H2,2H3,(H,9,10)(H,11,12). The fourth-order valence-corrected chi connectivity index (χ4v) is 0.726. The summed E-state index contributed by atoms with van der Waals surface area (Å²) in [6, 6.07) is -0.988. The van der Waals surface area contributed by atoms with E-state index in [1.165, 1.54) is 13.2 Å². The Kier molecular flexibility index (Phi) is 5.54. The number of hydrogen-bond donors (Lipinski definition) is 2. The number of nitrogens with one attached hydrogen (secondary N) is 1. The van der Waals surface area contributed by atoms with E-state index in [4.69, 9.17) is 5.11 Å². The predicted molar refractivity (Wildman–Crippen MR) is 46.3 cm³/mol. The summed E-state index contributed by atoms with van der Waals surface area (Å²) in [6.45, 7) is 3.32. The zero-order chi connectivity index (χ0) is 10.3. The van der Waals surface area contributed by atoms with E-state index in [1.54, 1.807) is 0 Å². The number of rotatable bonds is 6. The minimum absolute atomic E-state index is 0.0434. The van der Waals surface area contributed by atoms with Crippen LogP contribution in [-0.4, -0.2) is 36.7 Å². The minimum Gasteiger partial charge on any atom is -0.480 e. The number of amides is 1. The van der Waals surface area contributed by atoms with Crippen molar-refractivity contribution in [3.8, 4) is 0 Å². The molecule has 1 amide bonds. The lowest BCUT2D eigenvalue weighted by Crippen LogP contribution is -2.43. The van der Waals surface area contributed by atoms with Crippen LogP contribution in [-0.2, 0) is 14.3 Å². The van der Waals surface area contributed by atoms with Crippen molar-refractivity contribution < 1.29 is 19.4 Å². The molecule has 0 aromatic heterocycles. The van der Waals surface area contributed by atoms with Crippen molar-refractivity contribution >= 4 is 11.9 Å². The third kappa shape index (κ3) is 4.97. The van der Waals surface area contributed by atoms with Gasteiger partial charge in [0.2, 0.25) is 5.91 Å². The topological polar surface area (TPSA) is 75.6 Å². The summed E-state index contributed by atoms with van der Waals surface area (Å²) in [4.78, 5) is 21.4. The predicted octanol–water partition coefficient (Wildman–Crippen LogP) is -0.222. The van der Waals surface area contributed by atoms with E-state index in [1.807, 2.05) is 0 Å². The Morgan fingerprint density at radius 1 is 1.69 bits per heavy atom. The summed E-state index contributed by atoms with van der Waals surface area (Å²) in [5.74, 6) is -1.49. The molecule has 0 saturated heterocycles. The number of carboxylic acid groups (broad SMARTS) is 1. The minimum atomic E-state index is -1.11. The molecule has 0 aromatic rings. The maximum Gasteiger partial charge on any atom is 0.328 e. The zero-order valence-corrected chi connectivity index (χ0v) is 7.45. The third-order valence-corrected chi connectivity index (χ3v) is 1.30. The number of aliphatic carboxylic acids is 1.